The molecule has 3 nitrogen and oxygen atoms in total. The van der Waals surface area contributed by atoms with Crippen LogP contribution in [0.3, 0.4) is 0 Å². The van der Waals surface area contributed by atoms with Crippen LogP contribution in [0.5, 0.6) is 0 Å². The summed E-state index contributed by atoms with van der Waals surface area (Å²) in [4.78, 5) is 11.2. The Labute approximate surface area is 86.1 Å². The first-order valence-electron chi connectivity index (χ1n) is 5.15. The van der Waals surface area contributed by atoms with Crippen LogP contribution >= 0.6 is 0 Å². The van der Waals surface area contributed by atoms with Crippen LogP contribution in [0.4, 0.5) is 0 Å². The number of esters is 1. The molecule has 0 aromatic carbocycles. The fourth-order valence-corrected chi connectivity index (χ4v) is 0.997. The summed E-state index contributed by atoms with van der Waals surface area (Å²) in [6.45, 7) is 4.78. The lowest BCUT2D eigenvalue weighted by molar-refractivity contribution is -0.136. The molecule has 0 atom stereocenters. The van der Waals surface area contributed by atoms with E-state index in [0.717, 1.165) is 19.3 Å². The van der Waals surface area contributed by atoms with Crippen molar-refractivity contribution < 1.29 is 14.3 Å². The largest absolute Gasteiger partial charge is 0.501 e. The number of rotatable bonds is 7. The summed E-state index contributed by atoms with van der Waals surface area (Å²) in [6, 6.07) is 0. The summed E-state index contributed by atoms with van der Waals surface area (Å²) in [5, 5.41) is 0. The Morgan fingerprint density at radius 1 is 1.29 bits per heavy atom. The number of methoxy groups -OCH3 is 1. The zero-order chi connectivity index (χ0) is 10.8. The molecule has 0 rings (SSSR count). The van der Waals surface area contributed by atoms with E-state index in [1.54, 1.807) is 0 Å². The zero-order valence-electron chi connectivity index (χ0n) is 9.34. The smallest absolute Gasteiger partial charge is 0.336 e. The zero-order valence-corrected chi connectivity index (χ0v) is 9.34. The summed E-state index contributed by atoms with van der Waals surface area (Å²) in [5.74, 6) is -0.289. The summed E-state index contributed by atoms with van der Waals surface area (Å²) >= 11 is 0. The fraction of sp³-hybridized carbons (Fsp3) is 0.727. The number of hydrogen-bond donors (Lipinski definition) is 0. The van der Waals surface area contributed by atoms with Crippen LogP contribution < -0.4 is 0 Å². The molecule has 0 bridgehead atoms. The van der Waals surface area contributed by atoms with Crippen molar-refractivity contribution in [2.24, 2.45) is 0 Å². The second-order valence-corrected chi connectivity index (χ2v) is 3.11. The van der Waals surface area contributed by atoms with Crippen molar-refractivity contribution in [2.45, 2.75) is 39.5 Å². The second kappa shape index (κ2) is 8.60. The van der Waals surface area contributed by atoms with Crippen LogP contribution in [-0.2, 0) is 14.3 Å². The minimum Gasteiger partial charge on any atom is -0.501 e. The maximum absolute atomic E-state index is 11.2. The lowest BCUT2D eigenvalue weighted by atomic mass is 10.2. The Hall–Kier alpha value is -0.990. The highest BCUT2D eigenvalue weighted by Gasteiger charge is 2.08. The van der Waals surface area contributed by atoms with Gasteiger partial charge in [0.15, 0.2) is 0 Å². The minimum absolute atomic E-state index is 0.289. The number of carbonyl (C=O) groups is 1. The third kappa shape index (κ3) is 5.62. The highest BCUT2D eigenvalue weighted by molar-refractivity contribution is 5.87. The van der Waals surface area contributed by atoms with Crippen LogP contribution in [0.25, 0.3) is 0 Å². The average molecular weight is 200 g/mol. The molecule has 0 saturated heterocycles. The highest BCUT2D eigenvalue weighted by atomic mass is 16.5. The number of ether oxygens (including phenoxy) is 2. The third-order valence-corrected chi connectivity index (χ3v) is 1.81. The molecule has 82 valence electrons. The van der Waals surface area contributed by atoms with Gasteiger partial charge in [0.25, 0.3) is 0 Å². The molecule has 0 aliphatic rings. The van der Waals surface area contributed by atoms with Crippen LogP contribution in [0.15, 0.2) is 11.8 Å². The highest BCUT2D eigenvalue weighted by Crippen LogP contribution is 2.07. The van der Waals surface area contributed by atoms with Gasteiger partial charge in [-0.05, 0) is 12.8 Å². The van der Waals surface area contributed by atoms with Gasteiger partial charge in [0.05, 0.1) is 25.6 Å². The third-order valence-electron chi connectivity index (χ3n) is 1.81. The van der Waals surface area contributed by atoms with Gasteiger partial charge < -0.3 is 9.47 Å². The summed E-state index contributed by atoms with van der Waals surface area (Å²) in [7, 11) is 1.39. The van der Waals surface area contributed by atoms with E-state index in [-0.39, 0.29) is 5.97 Å². The Bertz CT molecular complexity index is 185. The maximum Gasteiger partial charge on any atom is 0.336 e. The Kier molecular flexibility index (Phi) is 7.99. The van der Waals surface area contributed by atoms with Crippen molar-refractivity contribution >= 4 is 5.97 Å². The molecule has 0 saturated carbocycles. The molecule has 0 amide bonds. The number of unbranched alkanes of at least 4 members (excludes halogenated alkanes) is 1. The van der Waals surface area contributed by atoms with Gasteiger partial charge in [0.1, 0.15) is 0 Å². The van der Waals surface area contributed by atoms with E-state index in [9.17, 15) is 4.79 Å². The van der Waals surface area contributed by atoms with E-state index in [1.165, 1.54) is 13.4 Å². The molecular weight excluding hydrogens is 180 g/mol. The van der Waals surface area contributed by atoms with E-state index < -0.39 is 0 Å². The predicted molar refractivity (Wildman–Crippen MR) is 55.9 cm³/mol. The summed E-state index contributed by atoms with van der Waals surface area (Å²) in [6.07, 6.45) is 5.26. The van der Waals surface area contributed by atoms with Gasteiger partial charge in [-0.1, -0.05) is 26.7 Å². The van der Waals surface area contributed by atoms with Crippen molar-refractivity contribution in [1.82, 2.24) is 0 Å². The normalized spacial score (nSPS) is 11.2. The van der Waals surface area contributed by atoms with Crippen molar-refractivity contribution in [3.05, 3.63) is 11.8 Å². The molecule has 14 heavy (non-hydrogen) atoms. The molecular formula is C11H20O3. The maximum atomic E-state index is 11.2. The lowest BCUT2D eigenvalue weighted by Crippen LogP contribution is -2.05. The lowest BCUT2D eigenvalue weighted by Gasteiger charge is -2.04. The fourth-order valence-electron chi connectivity index (χ4n) is 0.997. The van der Waals surface area contributed by atoms with E-state index >= 15 is 0 Å². The minimum atomic E-state index is -0.289. The van der Waals surface area contributed by atoms with Gasteiger partial charge in [-0.3, -0.25) is 0 Å². The summed E-state index contributed by atoms with van der Waals surface area (Å²) < 4.78 is 9.88. The topological polar surface area (TPSA) is 35.5 Å². The predicted octanol–water partition coefficient (Wildman–Crippen LogP) is 2.66. The van der Waals surface area contributed by atoms with Gasteiger partial charge >= 0.3 is 5.97 Å². The molecule has 0 aliphatic heterocycles. The first-order chi connectivity index (χ1) is 6.76. The molecule has 0 spiro atoms. The first kappa shape index (κ1) is 13.0. The Morgan fingerprint density at radius 3 is 2.50 bits per heavy atom. The van der Waals surface area contributed by atoms with Crippen LogP contribution in [0, 0.1) is 0 Å². The molecule has 0 fully saturated rings. The van der Waals surface area contributed by atoms with Gasteiger partial charge in [-0.25, -0.2) is 4.79 Å². The van der Waals surface area contributed by atoms with E-state index in [4.69, 9.17) is 4.74 Å². The molecule has 0 heterocycles. The molecule has 0 aromatic rings. The number of hydrogen-bond acceptors (Lipinski definition) is 3. The van der Waals surface area contributed by atoms with Gasteiger partial charge in [0, 0.05) is 0 Å². The van der Waals surface area contributed by atoms with E-state index in [0.29, 0.717) is 18.6 Å². The molecule has 0 radical (unpaired) electrons. The van der Waals surface area contributed by atoms with Crippen molar-refractivity contribution in [3.63, 3.8) is 0 Å². The second-order valence-electron chi connectivity index (χ2n) is 3.11. The summed E-state index contributed by atoms with van der Waals surface area (Å²) in [5.41, 5.74) is 0.617. The monoisotopic (exact) mass is 200 g/mol. The van der Waals surface area contributed by atoms with E-state index in [1.807, 2.05) is 6.92 Å². The quantitative estimate of drug-likeness (QED) is 0.274. The SMILES string of the molecule is CCCCOC=C(CCC)C(=O)OC. The average Bonchev–Trinajstić information content (AvgIpc) is 2.21. The molecule has 0 aliphatic carbocycles. The Morgan fingerprint density at radius 2 is 2.00 bits per heavy atom. The van der Waals surface area contributed by atoms with Crippen molar-refractivity contribution in [2.75, 3.05) is 13.7 Å². The van der Waals surface area contributed by atoms with Crippen LogP contribution in [0.2, 0.25) is 0 Å². The van der Waals surface area contributed by atoms with Gasteiger partial charge in [-0.15, -0.1) is 0 Å². The molecule has 0 unspecified atom stereocenters. The standard InChI is InChI=1S/C11H20O3/c1-4-6-8-14-9-10(7-5-2)11(12)13-3/h9H,4-8H2,1-3H3. The molecule has 0 N–H and O–H groups in total. The van der Waals surface area contributed by atoms with Gasteiger partial charge in [-0.2, -0.15) is 0 Å². The molecule has 3 heteroatoms. The molecule has 0 aromatic heterocycles. The van der Waals surface area contributed by atoms with Crippen LogP contribution in [0.1, 0.15) is 39.5 Å². The van der Waals surface area contributed by atoms with E-state index in [2.05, 4.69) is 11.7 Å². The Balaban J connectivity index is 3.98. The first-order valence-corrected chi connectivity index (χ1v) is 5.15. The van der Waals surface area contributed by atoms with Crippen LogP contribution in [-0.4, -0.2) is 19.7 Å². The number of carbonyl (C=O) groups excluding carboxylic acids is 1. The van der Waals surface area contributed by atoms with Gasteiger partial charge in [0.2, 0.25) is 0 Å². The van der Waals surface area contributed by atoms with Crippen molar-refractivity contribution in [3.8, 4) is 0 Å². The van der Waals surface area contributed by atoms with Crippen molar-refractivity contribution in [1.29, 1.82) is 0 Å².